The molecule has 2 atom stereocenters. The molecule has 3 aromatic rings. The van der Waals surface area contributed by atoms with Crippen LogP contribution in [-0.4, -0.2) is 17.9 Å². The molecule has 4 nitrogen and oxygen atoms in total. The molecule has 1 aliphatic rings. The van der Waals surface area contributed by atoms with E-state index in [-0.39, 0.29) is 18.3 Å². The van der Waals surface area contributed by atoms with Gasteiger partial charge in [-0.15, -0.1) is 0 Å². The number of Topliss-reactive ketones (excluding diaryl/α,β-unsaturated/α-hetero) is 1. The molecule has 4 rings (SSSR count). The Morgan fingerprint density at radius 2 is 1.42 bits per heavy atom. The van der Waals surface area contributed by atoms with Crippen molar-refractivity contribution in [1.82, 2.24) is 0 Å². The Morgan fingerprint density at radius 3 is 2.03 bits per heavy atom. The summed E-state index contributed by atoms with van der Waals surface area (Å²) < 4.78 is 11.5. The Morgan fingerprint density at radius 1 is 0.839 bits per heavy atom. The summed E-state index contributed by atoms with van der Waals surface area (Å²) in [4.78, 5) is 26.2. The lowest BCUT2D eigenvalue weighted by Gasteiger charge is -2.28. The first kappa shape index (κ1) is 21.0. The average Bonchev–Trinajstić information content (AvgIpc) is 3.03. The highest BCUT2D eigenvalue weighted by Gasteiger charge is 2.57. The molecule has 158 valence electrons. The number of ether oxygens (including phenoxy) is 2. The van der Waals surface area contributed by atoms with E-state index in [2.05, 4.69) is 0 Å². The van der Waals surface area contributed by atoms with Gasteiger partial charge in [0.2, 0.25) is 11.9 Å². The van der Waals surface area contributed by atoms with E-state index < -0.39 is 17.7 Å². The first-order chi connectivity index (χ1) is 15.0. The van der Waals surface area contributed by atoms with Crippen LogP contribution in [0.5, 0.6) is 0 Å². The molecule has 1 aliphatic heterocycles. The quantitative estimate of drug-likeness (QED) is 0.389. The Bertz CT molecular complexity index is 1040. The molecule has 0 N–H and O–H groups in total. The van der Waals surface area contributed by atoms with E-state index in [0.717, 1.165) is 16.7 Å². The lowest BCUT2D eigenvalue weighted by molar-refractivity contribution is -0.157. The summed E-state index contributed by atoms with van der Waals surface area (Å²) in [5.41, 5.74) is 2.40. The van der Waals surface area contributed by atoms with Crippen molar-refractivity contribution in [2.75, 3.05) is 0 Å². The first-order valence-electron chi connectivity index (χ1n) is 10.6. The second-order valence-corrected chi connectivity index (χ2v) is 8.33. The van der Waals surface area contributed by atoms with Gasteiger partial charge in [0.25, 0.3) is 0 Å². The molecule has 0 aliphatic carbocycles. The predicted molar refractivity (Wildman–Crippen MR) is 119 cm³/mol. The molecule has 0 amide bonds. The number of benzene rings is 3. The van der Waals surface area contributed by atoms with Crippen molar-refractivity contribution in [3.05, 3.63) is 96.1 Å². The number of hydrogen-bond acceptors (Lipinski definition) is 4. The summed E-state index contributed by atoms with van der Waals surface area (Å²) in [7, 11) is 0. The molecule has 1 heterocycles. The van der Waals surface area contributed by atoms with Gasteiger partial charge in [-0.2, -0.15) is 0 Å². The molecule has 3 aromatic carbocycles. The standard InChI is InChI=1S/C27H26O4/c1-19(2)17-27(23-15-13-22(14-16-23)21-11-7-4-8-12-21)25(28)24(26(29)31-27)30-18-20-9-5-3-6-10-20/h3-16,19,24H,17-18H2,1-2H3. The Kier molecular flexibility index (Phi) is 6.01. The molecular formula is C27H26O4. The highest BCUT2D eigenvalue weighted by Crippen LogP contribution is 2.41. The minimum absolute atomic E-state index is 0.151. The van der Waals surface area contributed by atoms with Crippen molar-refractivity contribution in [2.45, 2.75) is 38.6 Å². The summed E-state index contributed by atoms with van der Waals surface area (Å²) >= 11 is 0. The zero-order valence-corrected chi connectivity index (χ0v) is 17.8. The van der Waals surface area contributed by atoms with Gasteiger partial charge in [0.15, 0.2) is 5.60 Å². The van der Waals surface area contributed by atoms with Crippen LogP contribution < -0.4 is 0 Å². The van der Waals surface area contributed by atoms with Gasteiger partial charge in [0.05, 0.1) is 6.61 Å². The Balaban J connectivity index is 1.61. The van der Waals surface area contributed by atoms with Crippen LogP contribution in [0.4, 0.5) is 0 Å². The fourth-order valence-electron chi connectivity index (χ4n) is 4.09. The fraction of sp³-hybridized carbons (Fsp3) is 0.259. The molecule has 1 saturated heterocycles. The van der Waals surface area contributed by atoms with Crippen LogP contribution in [-0.2, 0) is 31.3 Å². The normalized spacial score (nSPS) is 20.8. The minimum atomic E-state index is -1.32. The average molecular weight is 415 g/mol. The number of rotatable bonds is 7. The number of cyclic esters (lactones) is 1. The summed E-state index contributed by atoms with van der Waals surface area (Å²) in [5, 5.41) is 0. The lowest BCUT2D eigenvalue weighted by atomic mass is 9.81. The maximum absolute atomic E-state index is 13.5. The van der Waals surface area contributed by atoms with Gasteiger partial charge in [0.1, 0.15) is 0 Å². The number of ketones is 1. The molecule has 0 radical (unpaired) electrons. The molecule has 0 aromatic heterocycles. The predicted octanol–water partition coefficient (Wildman–Crippen LogP) is 5.31. The van der Waals surface area contributed by atoms with Crippen molar-refractivity contribution in [2.24, 2.45) is 5.92 Å². The Labute approximate surface area is 182 Å². The van der Waals surface area contributed by atoms with E-state index in [4.69, 9.17) is 9.47 Å². The van der Waals surface area contributed by atoms with Crippen LogP contribution in [0, 0.1) is 5.92 Å². The zero-order chi connectivity index (χ0) is 21.8. The fourth-order valence-corrected chi connectivity index (χ4v) is 4.09. The third kappa shape index (κ3) is 4.30. The van der Waals surface area contributed by atoms with Crippen molar-refractivity contribution in [1.29, 1.82) is 0 Å². The number of carbonyl (C=O) groups excluding carboxylic acids is 2. The Hall–Kier alpha value is -3.24. The molecule has 4 heteroatoms. The SMILES string of the molecule is CC(C)CC1(c2ccc(-c3ccccc3)cc2)OC(=O)C(OCc2ccccc2)C1=O. The van der Waals surface area contributed by atoms with Crippen molar-refractivity contribution in [3.63, 3.8) is 0 Å². The van der Waals surface area contributed by atoms with Gasteiger partial charge >= 0.3 is 5.97 Å². The first-order valence-corrected chi connectivity index (χ1v) is 10.6. The molecule has 0 bridgehead atoms. The van der Waals surface area contributed by atoms with Gasteiger partial charge in [0, 0.05) is 12.0 Å². The van der Waals surface area contributed by atoms with Crippen molar-refractivity contribution in [3.8, 4) is 11.1 Å². The molecule has 2 unspecified atom stereocenters. The monoisotopic (exact) mass is 414 g/mol. The zero-order valence-electron chi connectivity index (χ0n) is 17.8. The number of carbonyl (C=O) groups is 2. The van der Waals surface area contributed by atoms with E-state index in [0.29, 0.717) is 12.0 Å². The van der Waals surface area contributed by atoms with Crippen molar-refractivity contribution >= 4 is 11.8 Å². The molecule has 1 fully saturated rings. The van der Waals surface area contributed by atoms with E-state index in [1.807, 2.05) is 98.8 Å². The van der Waals surface area contributed by atoms with Crippen LogP contribution >= 0.6 is 0 Å². The lowest BCUT2D eigenvalue weighted by Crippen LogP contribution is -2.38. The highest BCUT2D eigenvalue weighted by molar-refractivity contribution is 6.12. The molecular weight excluding hydrogens is 388 g/mol. The van der Waals surface area contributed by atoms with Crippen LogP contribution in [0.3, 0.4) is 0 Å². The number of hydrogen-bond donors (Lipinski definition) is 0. The second-order valence-electron chi connectivity index (χ2n) is 8.33. The molecule has 0 spiro atoms. The smallest absolute Gasteiger partial charge is 0.344 e. The summed E-state index contributed by atoms with van der Waals surface area (Å²) in [6, 6.07) is 27.2. The van der Waals surface area contributed by atoms with E-state index >= 15 is 0 Å². The number of esters is 1. The minimum Gasteiger partial charge on any atom is -0.444 e. The van der Waals surface area contributed by atoms with Crippen LogP contribution in [0.1, 0.15) is 31.4 Å². The van der Waals surface area contributed by atoms with E-state index in [1.165, 1.54) is 0 Å². The van der Waals surface area contributed by atoms with E-state index in [1.54, 1.807) is 0 Å². The maximum atomic E-state index is 13.5. The van der Waals surface area contributed by atoms with Gasteiger partial charge in [-0.1, -0.05) is 98.8 Å². The third-order valence-corrected chi connectivity index (χ3v) is 5.54. The summed E-state index contributed by atoms with van der Waals surface area (Å²) in [6.45, 7) is 4.20. The summed E-state index contributed by atoms with van der Waals surface area (Å²) in [5.74, 6) is -0.790. The molecule has 0 saturated carbocycles. The highest BCUT2D eigenvalue weighted by atomic mass is 16.6. The van der Waals surface area contributed by atoms with Crippen LogP contribution in [0.25, 0.3) is 11.1 Å². The van der Waals surface area contributed by atoms with E-state index in [9.17, 15) is 9.59 Å². The van der Waals surface area contributed by atoms with Crippen LogP contribution in [0.2, 0.25) is 0 Å². The van der Waals surface area contributed by atoms with Crippen LogP contribution in [0.15, 0.2) is 84.9 Å². The van der Waals surface area contributed by atoms with Gasteiger partial charge in [-0.3, -0.25) is 4.79 Å². The summed E-state index contributed by atoms with van der Waals surface area (Å²) in [6.07, 6.45) is -0.805. The van der Waals surface area contributed by atoms with Gasteiger partial charge < -0.3 is 9.47 Å². The van der Waals surface area contributed by atoms with Gasteiger partial charge in [-0.05, 0) is 22.6 Å². The molecule has 31 heavy (non-hydrogen) atoms. The van der Waals surface area contributed by atoms with Crippen molar-refractivity contribution < 1.29 is 19.1 Å². The third-order valence-electron chi connectivity index (χ3n) is 5.54. The topological polar surface area (TPSA) is 52.6 Å². The van der Waals surface area contributed by atoms with Gasteiger partial charge in [-0.25, -0.2) is 4.79 Å². The largest absolute Gasteiger partial charge is 0.444 e. The second kappa shape index (κ2) is 8.86. The maximum Gasteiger partial charge on any atom is 0.344 e.